The van der Waals surface area contributed by atoms with Crippen molar-refractivity contribution in [2.24, 2.45) is 11.7 Å². The lowest BCUT2D eigenvalue weighted by molar-refractivity contribution is -0.138. The summed E-state index contributed by atoms with van der Waals surface area (Å²) in [5.74, 6) is -0.686. The fourth-order valence-electron chi connectivity index (χ4n) is 1.55. The van der Waals surface area contributed by atoms with E-state index in [-0.39, 0.29) is 6.03 Å². The van der Waals surface area contributed by atoms with Crippen molar-refractivity contribution in [3.63, 3.8) is 0 Å². The Kier molecular flexibility index (Phi) is 3.90. The highest BCUT2D eigenvalue weighted by molar-refractivity contribution is 5.82. The van der Waals surface area contributed by atoms with Crippen molar-refractivity contribution >= 4 is 12.0 Å². The fraction of sp³-hybridized carbons (Fsp3) is 0.778. The molecule has 0 spiro atoms. The molecule has 0 aromatic rings. The molecule has 6 nitrogen and oxygen atoms in total. The van der Waals surface area contributed by atoms with E-state index < -0.39 is 12.0 Å². The van der Waals surface area contributed by atoms with Crippen molar-refractivity contribution in [3.05, 3.63) is 0 Å². The first-order valence-corrected chi connectivity index (χ1v) is 5.03. The predicted octanol–water partition coefficient (Wildman–Crippen LogP) is -0.550. The number of likely N-dealkylation sites (tertiary alicyclic amines) is 1. The number of carboxylic acid groups (broad SMARTS) is 1. The summed E-state index contributed by atoms with van der Waals surface area (Å²) in [7, 11) is 0. The Morgan fingerprint density at radius 3 is 2.80 bits per heavy atom. The molecule has 0 saturated carbocycles. The van der Waals surface area contributed by atoms with Crippen LogP contribution in [0.3, 0.4) is 0 Å². The number of hydrogen-bond donors (Lipinski definition) is 3. The van der Waals surface area contributed by atoms with Gasteiger partial charge in [-0.05, 0) is 25.8 Å². The maximum Gasteiger partial charge on any atom is 0.325 e. The van der Waals surface area contributed by atoms with E-state index in [1.807, 2.05) is 0 Å². The van der Waals surface area contributed by atoms with Gasteiger partial charge in [0.05, 0.1) is 0 Å². The van der Waals surface area contributed by atoms with Crippen LogP contribution in [0.15, 0.2) is 0 Å². The second-order valence-electron chi connectivity index (χ2n) is 3.85. The van der Waals surface area contributed by atoms with Gasteiger partial charge in [0, 0.05) is 13.1 Å². The Balaban J connectivity index is 2.38. The number of hydrogen-bond acceptors (Lipinski definition) is 3. The fourth-order valence-corrected chi connectivity index (χ4v) is 1.55. The molecule has 0 aromatic carbocycles. The molecular formula is C9H17N3O3. The van der Waals surface area contributed by atoms with Crippen LogP contribution in [0.25, 0.3) is 0 Å². The summed E-state index contributed by atoms with van der Waals surface area (Å²) in [4.78, 5) is 23.7. The van der Waals surface area contributed by atoms with Gasteiger partial charge in [-0.1, -0.05) is 0 Å². The van der Waals surface area contributed by atoms with Crippen LogP contribution in [0.1, 0.15) is 13.3 Å². The molecule has 4 N–H and O–H groups in total. The molecular weight excluding hydrogens is 198 g/mol. The molecule has 0 aromatic heterocycles. The second-order valence-corrected chi connectivity index (χ2v) is 3.85. The number of urea groups is 1. The summed E-state index contributed by atoms with van der Waals surface area (Å²) >= 11 is 0. The van der Waals surface area contributed by atoms with Crippen molar-refractivity contribution < 1.29 is 14.7 Å². The van der Waals surface area contributed by atoms with Gasteiger partial charge in [0.15, 0.2) is 0 Å². The van der Waals surface area contributed by atoms with Crippen LogP contribution in [0.5, 0.6) is 0 Å². The molecule has 1 heterocycles. The Bertz CT molecular complexity index is 257. The number of carbonyl (C=O) groups excluding carboxylic acids is 1. The number of carbonyl (C=O) groups is 2. The average Bonchev–Trinajstić information content (AvgIpc) is 2.65. The highest BCUT2D eigenvalue weighted by Crippen LogP contribution is 2.14. The van der Waals surface area contributed by atoms with E-state index in [9.17, 15) is 9.59 Å². The summed E-state index contributed by atoms with van der Waals surface area (Å²) in [5, 5.41) is 11.0. The minimum Gasteiger partial charge on any atom is -0.480 e. The number of amides is 2. The number of nitrogens with one attached hydrogen (secondary N) is 1. The maximum atomic E-state index is 11.5. The molecule has 0 radical (unpaired) electrons. The molecule has 2 amide bonds. The Hall–Kier alpha value is -1.30. The lowest BCUT2D eigenvalue weighted by Crippen LogP contribution is -2.46. The molecule has 1 aliphatic rings. The average molecular weight is 215 g/mol. The van der Waals surface area contributed by atoms with Crippen molar-refractivity contribution in [2.75, 3.05) is 19.6 Å². The van der Waals surface area contributed by atoms with E-state index in [1.54, 1.807) is 4.90 Å². The molecule has 86 valence electrons. The van der Waals surface area contributed by atoms with Gasteiger partial charge >= 0.3 is 12.0 Å². The highest BCUT2D eigenvalue weighted by Gasteiger charge is 2.26. The molecule has 1 rings (SSSR count). The largest absolute Gasteiger partial charge is 0.480 e. The van der Waals surface area contributed by atoms with Gasteiger partial charge in [-0.2, -0.15) is 0 Å². The first-order valence-electron chi connectivity index (χ1n) is 5.03. The van der Waals surface area contributed by atoms with Crippen LogP contribution in [0, 0.1) is 5.92 Å². The Morgan fingerprint density at radius 2 is 2.33 bits per heavy atom. The predicted molar refractivity (Wildman–Crippen MR) is 54.4 cm³/mol. The standard InChI is InChI=1S/C9H17N3O3/c1-6(8(13)14)11-9(15)12-3-2-7(4-10)5-12/h6-7H,2-5,10H2,1H3,(H,11,15)(H,13,14). The van der Waals surface area contributed by atoms with E-state index in [0.717, 1.165) is 6.42 Å². The van der Waals surface area contributed by atoms with Crippen LogP contribution < -0.4 is 11.1 Å². The van der Waals surface area contributed by atoms with Crippen LogP contribution in [-0.4, -0.2) is 47.7 Å². The van der Waals surface area contributed by atoms with E-state index in [2.05, 4.69) is 5.32 Å². The van der Waals surface area contributed by atoms with Crippen molar-refractivity contribution in [1.29, 1.82) is 0 Å². The quantitative estimate of drug-likeness (QED) is 0.588. The zero-order valence-corrected chi connectivity index (χ0v) is 8.77. The highest BCUT2D eigenvalue weighted by atomic mass is 16.4. The summed E-state index contributed by atoms with van der Waals surface area (Å²) < 4.78 is 0. The van der Waals surface area contributed by atoms with E-state index in [0.29, 0.717) is 25.6 Å². The van der Waals surface area contributed by atoms with E-state index in [1.165, 1.54) is 6.92 Å². The third-order valence-corrected chi connectivity index (χ3v) is 2.62. The molecule has 1 aliphatic heterocycles. The van der Waals surface area contributed by atoms with Crippen molar-refractivity contribution in [1.82, 2.24) is 10.2 Å². The van der Waals surface area contributed by atoms with Gasteiger partial charge < -0.3 is 21.1 Å². The summed E-state index contributed by atoms with van der Waals surface area (Å²) in [6.45, 7) is 3.28. The number of nitrogens with zero attached hydrogens (tertiary/aromatic N) is 1. The molecule has 2 atom stereocenters. The summed E-state index contributed by atoms with van der Waals surface area (Å²) in [6, 6.07) is -1.17. The Morgan fingerprint density at radius 1 is 1.67 bits per heavy atom. The van der Waals surface area contributed by atoms with Crippen LogP contribution in [-0.2, 0) is 4.79 Å². The minimum absolute atomic E-state index is 0.319. The topological polar surface area (TPSA) is 95.7 Å². The van der Waals surface area contributed by atoms with Gasteiger partial charge in [0.25, 0.3) is 0 Å². The zero-order valence-electron chi connectivity index (χ0n) is 8.77. The van der Waals surface area contributed by atoms with Gasteiger partial charge in [-0.3, -0.25) is 4.79 Å². The van der Waals surface area contributed by atoms with E-state index in [4.69, 9.17) is 10.8 Å². The second kappa shape index (κ2) is 4.97. The number of carboxylic acids is 1. The SMILES string of the molecule is CC(NC(=O)N1CCC(CN)C1)C(=O)O. The van der Waals surface area contributed by atoms with Crippen molar-refractivity contribution in [3.8, 4) is 0 Å². The normalized spacial score (nSPS) is 22.5. The first kappa shape index (κ1) is 11.8. The van der Waals surface area contributed by atoms with Gasteiger partial charge in [0.2, 0.25) is 0 Å². The Labute approximate surface area is 88.4 Å². The first-order chi connectivity index (χ1) is 7.04. The van der Waals surface area contributed by atoms with Crippen LogP contribution in [0.2, 0.25) is 0 Å². The van der Waals surface area contributed by atoms with Crippen LogP contribution >= 0.6 is 0 Å². The number of rotatable bonds is 3. The van der Waals surface area contributed by atoms with Gasteiger partial charge in [-0.15, -0.1) is 0 Å². The lowest BCUT2D eigenvalue weighted by Gasteiger charge is -2.18. The molecule has 1 fully saturated rings. The molecule has 1 saturated heterocycles. The van der Waals surface area contributed by atoms with Gasteiger partial charge in [0.1, 0.15) is 6.04 Å². The third-order valence-electron chi connectivity index (χ3n) is 2.62. The molecule has 0 aliphatic carbocycles. The number of aliphatic carboxylic acids is 1. The third kappa shape index (κ3) is 3.09. The smallest absolute Gasteiger partial charge is 0.325 e. The maximum absolute atomic E-state index is 11.5. The van der Waals surface area contributed by atoms with Crippen LogP contribution in [0.4, 0.5) is 4.79 Å². The zero-order chi connectivity index (χ0) is 11.4. The minimum atomic E-state index is -1.03. The van der Waals surface area contributed by atoms with Crippen molar-refractivity contribution in [2.45, 2.75) is 19.4 Å². The monoisotopic (exact) mass is 215 g/mol. The molecule has 0 bridgehead atoms. The summed E-state index contributed by atoms with van der Waals surface area (Å²) in [5.41, 5.74) is 5.49. The molecule has 2 unspecified atom stereocenters. The summed E-state index contributed by atoms with van der Waals surface area (Å²) in [6.07, 6.45) is 0.894. The van der Waals surface area contributed by atoms with Gasteiger partial charge in [-0.25, -0.2) is 4.79 Å². The molecule has 15 heavy (non-hydrogen) atoms. The molecule has 6 heteroatoms. The van der Waals surface area contributed by atoms with E-state index >= 15 is 0 Å². The lowest BCUT2D eigenvalue weighted by atomic mass is 10.1. The number of nitrogens with two attached hydrogens (primary N) is 1.